The van der Waals surface area contributed by atoms with Gasteiger partial charge in [-0.05, 0) is 59.3 Å². The largest absolute Gasteiger partial charge is 0.465 e. The molecule has 4 nitrogen and oxygen atoms in total. The second-order valence-electron chi connectivity index (χ2n) is 5.47. The minimum Gasteiger partial charge on any atom is -0.465 e. The van der Waals surface area contributed by atoms with Gasteiger partial charge in [0.2, 0.25) is 0 Å². The average Bonchev–Trinajstić information content (AvgIpc) is 2.43. The van der Waals surface area contributed by atoms with Crippen LogP contribution in [0.4, 0.5) is 0 Å². The maximum Gasteiger partial charge on any atom is 0.326 e. The number of hydrogen-bond donors (Lipinski definition) is 1. The van der Waals surface area contributed by atoms with Crippen LogP contribution in [0.25, 0.3) is 0 Å². The van der Waals surface area contributed by atoms with E-state index in [0.29, 0.717) is 6.61 Å². The molecule has 120 valence electrons. The Kier molecular flexibility index (Phi) is 10.8. The number of nitrogens with one attached hydrogen (secondary N) is 1. The van der Waals surface area contributed by atoms with Gasteiger partial charge in [0.05, 0.1) is 6.61 Å². The predicted molar refractivity (Wildman–Crippen MR) is 85.0 cm³/mol. The lowest BCUT2D eigenvalue weighted by Crippen LogP contribution is -2.50. The Labute approximate surface area is 125 Å². The first-order valence-electron chi connectivity index (χ1n) is 8.18. The number of carbonyl (C=O) groups is 1. The lowest BCUT2D eigenvalue weighted by atomic mass is 9.95. The van der Waals surface area contributed by atoms with E-state index < -0.39 is 5.54 Å². The van der Waals surface area contributed by atoms with Crippen LogP contribution < -0.4 is 5.32 Å². The monoisotopic (exact) mass is 286 g/mol. The quantitative estimate of drug-likeness (QED) is 0.560. The van der Waals surface area contributed by atoms with Crippen molar-refractivity contribution in [2.75, 3.05) is 32.8 Å². The molecule has 0 aromatic heterocycles. The number of likely N-dealkylation sites (N-methyl/N-ethyl adjacent to an activating group) is 1. The maximum atomic E-state index is 12.1. The summed E-state index contributed by atoms with van der Waals surface area (Å²) in [6, 6.07) is 0. The van der Waals surface area contributed by atoms with Gasteiger partial charge in [0, 0.05) is 0 Å². The highest BCUT2D eigenvalue weighted by atomic mass is 16.5. The molecule has 0 aliphatic rings. The van der Waals surface area contributed by atoms with Gasteiger partial charge in [0.15, 0.2) is 0 Å². The van der Waals surface area contributed by atoms with E-state index in [2.05, 4.69) is 24.1 Å². The summed E-state index contributed by atoms with van der Waals surface area (Å²) in [5.74, 6) is -0.126. The summed E-state index contributed by atoms with van der Waals surface area (Å²) < 4.78 is 5.19. The summed E-state index contributed by atoms with van der Waals surface area (Å²) >= 11 is 0. The molecule has 0 saturated carbocycles. The molecule has 1 N–H and O–H groups in total. The molecule has 20 heavy (non-hydrogen) atoms. The summed E-state index contributed by atoms with van der Waals surface area (Å²) in [7, 11) is 0. The van der Waals surface area contributed by atoms with Crippen molar-refractivity contribution in [3.63, 3.8) is 0 Å². The minimum atomic E-state index is -0.547. The van der Waals surface area contributed by atoms with E-state index in [0.717, 1.165) is 39.0 Å². The normalized spacial score (nSPS) is 14.3. The van der Waals surface area contributed by atoms with Crippen LogP contribution in [0.1, 0.15) is 60.3 Å². The van der Waals surface area contributed by atoms with Gasteiger partial charge in [-0.1, -0.05) is 27.2 Å². The van der Waals surface area contributed by atoms with Crippen LogP contribution in [0, 0.1) is 0 Å². The number of carbonyl (C=O) groups excluding carboxylic acids is 1. The van der Waals surface area contributed by atoms with Crippen LogP contribution in [-0.4, -0.2) is 49.2 Å². The first-order chi connectivity index (χ1) is 9.53. The molecule has 0 radical (unpaired) electrons. The minimum absolute atomic E-state index is 0.126. The van der Waals surface area contributed by atoms with Gasteiger partial charge in [0.1, 0.15) is 5.54 Å². The van der Waals surface area contributed by atoms with Gasteiger partial charge in [-0.2, -0.15) is 0 Å². The number of rotatable bonds is 12. The maximum absolute atomic E-state index is 12.1. The van der Waals surface area contributed by atoms with E-state index in [4.69, 9.17) is 4.74 Å². The van der Waals surface area contributed by atoms with Gasteiger partial charge in [-0.25, -0.2) is 0 Å². The molecule has 1 unspecified atom stereocenters. The van der Waals surface area contributed by atoms with Crippen molar-refractivity contribution < 1.29 is 9.53 Å². The van der Waals surface area contributed by atoms with Crippen LogP contribution in [0.2, 0.25) is 0 Å². The smallest absolute Gasteiger partial charge is 0.326 e. The van der Waals surface area contributed by atoms with E-state index in [-0.39, 0.29) is 5.97 Å². The van der Waals surface area contributed by atoms with E-state index >= 15 is 0 Å². The van der Waals surface area contributed by atoms with Gasteiger partial charge in [-0.15, -0.1) is 0 Å². The second-order valence-corrected chi connectivity index (χ2v) is 5.47. The fourth-order valence-corrected chi connectivity index (χ4v) is 2.41. The molecule has 0 heterocycles. The number of nitrogens with zero attached hydrogens (tertiary/aromatic N) is 1. The zero-order chi connectivity index (χ0) is 15.4. The van der Waals surface area contributed by atoms with E-state index in [1.807, 2.05) is 20.8 Å². The fraction of sp³-hybridized carbons (Fsp3) is 0.938. The van der Waals surface area contributed by atoms with Crippen molar-refractivity contribution in [2.45, 2.75) is 65.8 Å². The van der Waals surface area contributed by atoms with Gasteiger partial charge in [-0.3, -0.25) is 4.79 Å². The third-order valence-corrected chi connectivity index (χ3v) is 3.72. The van der Waals surface area contributed by atoms with Crippen molar-refractivity contribution in [2.24, 2.45) is 0 Å². The standard InChI is InChI=1S/C16H34N2O2/c1-6-10-13-18(8-3)14-11-12-16(5,17-7-2)15(19)20-9-4/h17H,6-14H2,1-5H3. The third-order valence-electron chi connectivity index (χ3n) is 3.72. The van der Waals surface area contributed by atoms with Crippen molar-refractivity contribution in [1.82, 2.24) is 10.2 Å². The predicted octanol–water partition coefficient (Wildman–Crippen LogP) is 2.82. The number of ether oxygens (including phenoxy) is 1. The third kappa shape index (κ3) is 7.25. The highest BCUT2D eigenvalue weighted by Crippen LogP contribution is 2.15. The number of hydrogen-bond acceptors (Lipinski definition) is 4. The molecule has 1 atom stereocenters. The molecule has 0 fully saturated rings. The van der Waals surface area contributed by atoms with Crippen molar-refractivity contribution >= 4 is 5.97 Å². The Bertz CT molecular complexity index is 259. The van der Waals surface area contributed by atoms with Crippen LogP contribution in [0.15, 0.2) is 0 Å². The lowest BCUT2D eigenvalue weighted by molar-refractivity contribution is -0.150. The summed E-state index contributed by atoms with van der Waals surface area (Å²) in [5, 5.41) is 3.29. The van der Waals surface area contributed by atoms with Crippen LogP contribution in [-0.2, 0) is 9.53 Å². The zero-order valence-corrected chi connectivity index (χ0v) is 14.1. The summed E-state index contributed by atoms with van der Waals surface area (Å²) in [4.78, 5) is 14.5. The Morgan fingerprint density at radius 2 is 1.80 bits per heavy atom. The van der Waals surface area contributed by atoms with Crippen LogP contribution in [0.5, 0.6) is 0 Å². The molecule has 0 saturated heterocycles. The van der Waals surface area contributed by atoms with Crippen LogP contribution in [0.3, 0.4) is 0 Å². The molecule has 0 aromatic rings. The van der Waals surface area contributed by atoms with Gasteiger partial charge in [0.25, 0.3) is 0 Å². The highest BCUT2D eigenvalue weighted by molar-refractivity contribution is 5.80. The molecule has 0 amide bonds. The first kappa shape index (κ1) is 19.4. The highest BCUT2D eigenvalue weighted by Gasteiger charge is 2.33. The van der Waals surface area contributed by atoms with Crippen molar-refractivity contribution in [3.8, 4) is 0 Å². The van der Waals surface area contributed by atoms with E-state index in [1.54, 1.807) is 0 Å². The molecule has 0 aromatic carbocycles. The van der Waals surface area contributed by atoms with E-state index in [9.17, 15) is 4.79 Å². The summed E-state index contributed by atoms with van der Waals surface area (Å²) in [5.41, 5.74) is -0.547. The van der Waals surface area contributed by atoms with Crippen molar-refractivity contribution in [3.05, 3.63) is 0 Å². The number of unbranched alkanes of at least 4 members (excludes halogenated alkanes) is 1. The lowest BCUT2D eigenvalue weighted by Gasteiger charge is -2.29. The first-order valence-corrected chi connectivity index (χ1v) is 8.18. The molecule has 4 heteroatoms. The fourth-order valence-electron chi connectivity index (χ4n) is 2.41. The topological polar surface area (TPSA) is 41.6 Å². The van der Waals surface area contributed by atoms with Gasteiger partial charge < -0.3 is 15.0 Å². The molecular weight excluding hydrogens is 252 g/mol. The molecular formula is C16H34N2O2. The number of esters is 1. The second kappa shape index (κ2) is 11.1. The Balaban J connectivity index is 4.28. The Morgan fingerprint density at radius 3 is 2.30 bits per heavy atom. The Morgan fingerprint density at radius 1 is 1.15 bits per heavy atom. The summed E-state index contributed by atoms with van der Waals surface area (Å²) in [6.07, 6.45) is 4.31. The molecule has 0 bridgehead atoms. The van der Waals surface area contributed by atoms with Crippen LogP contribution >= 0.6 is 0 Å². The molecule has 0 rings (SSSR count). The van der Waals surface area contributed by atoms with E-state index in [1.165, 1.54) is 12.8 Å². The average molecular weight is 286 g/mol. The Hall–Kier alpha value is -0.610. The van der Waals surface area contributed by atoms with Crippen molar-refractivity contribution in [1.29, 1.82) is 0 Å². The summed E-state index contributed by atoms with van der Waals surface area (Å²) in [6.45, 7) is 14.8. The zero-order valence-electron chi connectivity index (χ0n) is 14.1. The van der Waals surface area contributed by atoms with Gasteiger partial charge >= 0.3 is 5.97 Å². The molecule has 0 aliphatic carbocycles. The SMILES string of the molecule is CCCCN(CC)CCCC(C)(NCC)C(=O)OCC. The molecule has 0 aliphatic heterocycles. The molecule has 0 spiro atoms.